The minimum Gasteiger partial charge on any atom is -0.494 e. The van der Waals surface area contributed by atoms with Gasteiger partial charge in [0.05, 0.1) is 13.2 Å². The van der Waals surface area contributed by atoms with Crippen molar-refractivity contribution < 1.29 is 9.53 Å². The topological polar surface area (TPSA) is 41.6 Å². The van der Waals surface area contributed by atoms with Crippen LogP contribution in [0.15, 0.2) is 35.7 Å². The smallest absolute Gasteiger partial charge is 0.238 e. The van der Waals surface area contributed by atoms with Gasteiger partial charge in [-0.25, -0.2) is 0 Å². The minimum atomic E-state index is 0.0634. The first-order valence-electron chi connectivity index (χ1n) is 9.07. The molecule has 5 heteroatoms. The quantitative estimate of drug-likeness (QED) is 0.847. The molecular formula is C20H24N2O2S. The van der Waals surface area contributed by atoms with Crippen molar-refractivity contribution in [3.63, 3.8) is 0 Å². The molecule has 1 amide bonds. The maximum absolute atomic E-state index is 12.5. The average molecular weight is 356 g/mol. The van der Waals surface area contributed by atoms with Gasteiger partial charge in [-0.1, -0.05) is 0 Å². The second-order valence-electron chi connectivity index (χ2n) is 6.81. The molecule has 0 spiro atoms. The van der Waals surface area contributed by atoms with Crippen molar-refractivity contribution in [3.8, 4) is 5.75 Å². The molecular weight excluding hydrogens is 332 g/mol. The Balaban J connectivity index is 1.40. The Morgan fingerprint density at radius 2 is 2.08 bits per heavy atom. The second-order valence-corrected chi connectivity index (χ2v) is 7.81. The summed E-state index contributed by atoms with van der Waals surface area (Å²) in [6, 6.07) is 10.3. The third-order valence-corrected chi connectivity index (χ3v) is 5.98. The van der Waals surface area contributed by atoms with Crippen LogP contribution in [0.25, 0.3) is 0 Å². The van der Waals surface area contributed by atoms with Crippen LogP contribution in [0.3, 0.4) is 0 Å². The summed E-state index contributed by atoms with van der Waals surface area (Å²) in [5.41, 5.74) is 2.29. The first-order valence-corrected chi connectivity index (χ1v) is 9.95. The monoisotopic (exact) mass is 356 g/mol. The Morgan fingerprint density at radius 3 is 2.80 bits per heavy atom. The Hall–Kier alpha value is -1.85. The average Bonchev–Trinajstić information content (AvgIpc) is 3.33. The molecule has 4 nitrogen and oxygen atoms in total. The molecule has 1 aromatic heterocycles. The van der Waals surface area contributed by atoms with Gasteiger partial charge in [-0.2, -0.15) is 0 Å². The molecule has 1 aliphatic carbocycles. The van der Waals surface area contributed by atoms with Crippen molar-refractivity contribution in [1.29, 1.82) is 0 Å². The van der Waals surface area contributed by atoms with Crippen molar-refractivity contribution in [1.82, 2.24) is 4.90 Å². The van der Waals surface area contributed by atoms with Crippen LogP contribution in [0.2, 0.25) is 0 Å². The molecule has 25 heavy (non-hydrogen) atoms. The van der Waals surface area contributed by atoms with Gasteiger partial charge in [0.15, 0.2) is 0 Å². The number of thiophene rings is 1. The molecule has 0 radical (unpaired) electrons. The fraction of sp³-hybridized carbons (Fsp3) is 0.450. The Morgan fingerprint density at radius 1 is 1.28 bits per heavy atom. The fourth-order valence-corrected chi connectivity index (χ4v) is 4.64. The first-order chi connectivity index (χ1) is 12.2. The lowest BCUT2D eigenvalue weighted by atomic mass is 9.96. The molecule has 0 bridgehead atoms. The van der Waals surface area contributed by atoms with E-state index in [0.717, 1.165) is 30.3 Å². The standard InChI is InChI=1S/C20H24N2O2S/c1-2-24-16-7-5-15(6-8-16)21-19(23)13-22-11-9-18-17(10-12-25-18)20(22)14-3-4-14/h5-8,10,12,14,20H,2-4,9,11,13H2,1H3,(H,21,23)/t20-/m1/s1. The molecule has 2 aromatic rings. The summed E-state index contributed by atoms with van der Waals surface area (Å²) in [7, 11) is 0. The maximum atomic E-state index is 12.5. The number of hydrogen-bond acceptors (Lipinski definition) is 4. The van der Waals surface area contributed by atoms with Gasteiger partial charge in [0.25, 0.3) is 0 Å². The lowest BCUT2D eigenvalue weighted by Crippen LogP contribution is -2.41. The van der Waals surface area contributed by atoms with E-state index in [4.69, 9.17) is 4.74 Å². The van der Waals surface area contributed by atoms with Gasteiger partial charge in [0.2, 0.25) is 5.91 Å². The predicted octanol–water partition coefficient (Wildman–Crippen LogP) is 4.09. The molecule has 1 N–H and O–H groups in total. The number of amides is 1. The highest BCUT2D eigenvalue weighted by Crippen LogP contribution is 2.48. The Bertz CT molecular complexity index is 736. The molecule has 1 fully saturated rings. The van der Waals surface area contributed by atoms with E-state index in [0.29, 0.717) is 19.2 Å². The van der Waals surface area contributed by atoms with Crippen LogP contribution < -0.4 is 10.1 Å². The lowest BCUT2D eigenvalue weighted by Gasteiger charge is -2.35. The largest absolute Gasteiger partial charge is 0.494 e. The number of rotatable bonds is 6. The number of ether oxygens (including phenoxy) is 1. The van der Waals surface area contributed by atoms with Crippen molar-refractivity contribution in [2.24, 2.45) is 5.92 Å². The van der Waals surface area contributed by atoms with Gasteiger partial charge in [-0.3, -0.25) is 9.69 Å². The highest BCUT2D eigenvalue weighted by Gasteiger charge is 2.40. The van der Waals surface area contributed by atoms with Crippen molar-refractivity contribution >= 4 is 22.9 Å². The van der Waals surface area contributed by atoms with E-state index in [-0.39, 0.29) is 5.91 Å². The molecule has 1 aromatic carbocycles. The SMILES string of the molecule is CCOc1ccc(NC(=O)CN2CCc3sccc3[C@H]2C2CC2)cc1. The number of benzene rings is 1. The first kappa shape index (κ1) is 16.6. The van der Waals surface area contributed by atoms with Crippen molar-refractivity contribution in [2.45, 2.75) is 32.2 Å². The normalized spacial score (nSPS) is 20.1. The van der Waals surface area contributed by atoms with Crippen molar-refractivity contribution in [3.05, 3.63) is 46.2 Å². The number of fused-ring (bicyclic) bond motifs is 1. The summed E-state index contributed by atoms with van der Waals surface area (Å²) in [4.78, 5) is 16.4. The molecule has 1 saturated carbocycles. The summed E-state index contributed by atoms with van der Waals surface area (Å²) >= 11 is 1.86. The van der Waals surface area contributed by atoms with Gasteiger partial charge in [0.1, 0.15) is 5.75 Å². The van der Waals surface area contributed by atoms with E-state index < -0.39 is 0 Å². The van der Waals surface area contributed by atoms with E-state index in [1.807, 2.05) is 42.5 Å². The van der Waals surface area contributed by atoms with Crippen LogP contribution in [-0.4, -0.2) is 30.5 Å². The molecule has 4 rings (SSSR count). The summed E-state index contributed by atoms with van der Waals surface area (Å²) in [6.45, 7) is 4.05. The zero-order chi connectivity index (χ0) is 17.2. The highest BCUT2D eigenvalue weighted by atomic mass is 32.1. The molecule has 0 unspecified atom stereocenters. The van der Waals surface area contributed by atoms with E-state index in [9.17, 15) is 4.79 Å². The van der Waals surface area contributed by atoms with Crippen molar-refractivity contribution in [2.75, 3.05) is 25.0 Å². The van der Waals surface area contributed by atoms with Crippen LogP contribution in [0.5, 0.6) is 5.75 Å². The van der Waals surface area contributed by atoms with Gasteiger partial charge >= 0.3 is 0 Å². The molecule has 2 aliphatic rings. The van der Waals surface area contributed by atoms with Crippen LogP contribution in [0, 0.1) is 5.92 Å². The van der Waals surface area contributed by atoms with Gasteiger partial charge < -0.3 is 10.1 Å². The number of carbonyl (C=O) groups excluding carboxylic acids is 1. The number of hydrogen-bond donors (Lipinski definition) is 1. The van der Waals surface area contributed by atoms with Crippen LogP contribution >= 0.6 is 11.3 Å². The van der Waals surface area contributed by atoms with E-state index in [1.165, 1.54) is 23.3 Å². The fourth-order valence-electron chi connectivity index (χ4n) is 3.73. The number of anilines is 1. The zero-order valence-electron chi connectivity index (χ0n) is 14.5. The third kappa shape index (κ3) is 3.72. The lowest BCUT2D eigenvalue weighted by molar-refractivity contribution is -0.118. The number of carbonyl (C=O) groups is 1. The molecule has 132 valence electrons. The summed E-state index contributed by atoms with van der Waals surface area (Å²) in [5, 5.41) is 5.22. The van der Waals surface area contributed by atoms with E-state index in [2.05, 4.69) is 21.7 Å². The van der Waals surface area contributed by atoms with Gasteiger partial charge in [-0.15, -0.1) is 11.3 Å². The van der Waals surface area contributed by atoms with Gasteiger partial charge in [0, 0.05) is 23.2 Å². The Labute approximate surface area is 152 Å². The summed E-state index contributed by atoms with van der Waals surface area (Å²) in [5.74, 6) is 1.62. The molecule has 2 heterocycles. The van der Waals surface area contributed by atoms with Crippen LogP contribution in [0.4, 0.5) is 5.69 Å². The minimum absolute atomic E-state index is 0.0634. The highest BCUT2D eigenvalue weighted by molar-refractivity contribution is 7.10. The molecule has 0 saturated heterocycles. The Kier molecular flexibility index (Phi) is 4.77. The molecule has 1 aliphatic heterocycles. The summed E-state index contributed by atoms with van der Waals surface area (Å²) < 4.78 is 5.44. The molecule has 1 atom stereocenters. The number of nitrogens with zero attached hydrogens (tertiary/aromatic N) is 1. The van der Waals surface area contributed by atoms with Crippen LogP contribution in [0.1, 0.15) is 36.2 Å². The third-order valence-electron chi connectivity index (χ3n) is 4.98. The maximum Gasteiger partial charge on any atom is 0.238 e. The van der Waals surface area contributed by atoms with Gasteiger partial charge in [-0.05, 0) is 73.4 Å². The second kappa shape index (κ2) is 7.18. The zero-order valence-corrected chi connectivity index (χ0v) is 15.3. The van der Waals surface area contributed by atoms with E-state index in [1.54, 1.807) is 0 Å². The number of nitrogens with one attached hydrogen (secondary N) is 1. The van der Waals surface area contributed by atoms with Crippen LogP contribution in [-0.2, 0) is 11.2 Å². The summed E-state index contributed by atoms with van der Waals surface area (Å²) in [6.07, 6.45) is 3.64. The van der Waals surface area contributed by atoms with E-state index >= 15 is 0 Å². The predicted molar refractivity (Wildman–Crippen MR) is 101 cm³/mol.